The summed E-state index contributed by atoms with van der Waals surface area (Å²) in [5.74, 6) is 0. The van der Waals surface area contributed by atoms with Gasteiger partial charge in [-0.2, -0.15) is 18.6 Å². The van der Waals surface area contributed by atoms with Crippen molar-refractivity contribution in [2.45, 2.75) is 40.8 Å². The Morgan fingerprint density at radius 1 is 0.711 bits per heavy atom. The van der Waals surface area contributed by atoms with E-state index < -0.39 is 25.5 Å². The van der Waals surface area contributed by atoms with Gasteiger partial charge in [0.15, 0.2) is 0 Å². The van der Waals surface area contributed by atoms with Crippen LogP contribution in [0, 0.1) is 32.1 Å². The normalized spacial score (nSPS) is 14.3. The third kappa shape index (κ3) is 9.11. The molecule has 0 amide bonds. The average Bonchev–Trinajstić information content (AvgIpc) is 3.11. The van der Waals surface area contributed by atoms with Gasteiger partial charge in [0, 0.05) is 49.2 Å². The molecule has 0 N–H and O–H groups in total. The summed E-state index contributed by atoms with van der Waals surface area (Å²) in [4.78, 5) is 8.79. The van der Waals surface area contributed by atoms with Gasteiger partial charge in [0.1, 0.15) is 0 Å². The molecule has 0 saturated heterocycles. The van der Waals surface area contributed by atoms with E-state index in [0.29, 0.717) is 27.9 Å². The number of hydrogen-bond donors (Lipinski definition) is 0. The molecule has 0 unspecified atom stereocenters. The third-order valence-electron chi connectivity index (χ3n) is 6.85. The van der Waals surface area contributed by atoms with E-state index in [0.717, 1.165) is 27.9 Å². The molecule has 0 aliphatic rings. The average molecular weight is 773 g/mol. The van der Waals surface area contributed by atoms with Crippen molar-refractivity contribution >= 4 is 0 Å². The summed E-state index contributed by atoms with van der Waals surface area (Å²) in [7, 11) is 0. The molecule has 0 spiro atoms. The zero-order valence-electron chi connectivity index (χ0n) is 33.6. The molecule has 45 heavy (non-hydrogen) atoms. The Hall–Kier alpha value is -4.30. The van der Waals surface area contributed by atoms with Gasteiger partial charge >= 0.3 is 0 Å². The van der Waals surface area contributed by atoms with Crippen LogP contribution in [0.15, 0.2) is 128 Å². The molecule has 0 fully saturated rings. The van der Waals surface area contributed by atoms with Crippen LogP contribution in [-0.2, 0) is 26.5 Å². The predicted octanol–water partition coefficient (Wildman–Crippen LogP) is 11.0. The van der Waals surface area contributed by atoms with E-state index in [1.165, 1.54) is 12.3 Å². The minimum absolute atomic E-state index is 0. The van der Waals surface area contributed by atoms with E-state index >= 15 is 0 Å². The zero-order chi connectivity index (χ0) is 37.9. The van der Waals surface area contributed by atoms with Crippen LogP contribution in [0.25, 0.3) is 44.8 Å². The monoisotopic (exact) mass is 773 g/mol. The summed E-state index contributed by atoms with van der Waals surface area (Å²) < 4.78 is 62.7. The van der Waals surface area contributed by atoms with Crippen LogP contribution >= 0.6 is 0 Å². The van der Waals surface area contributed by atoms with E-state index in [4.69, 9.17) is 11.0 Å². The van der Waals surface area contributed by atoms with Crippen molar-refractivity contribution in [1.29, 1.82) is 0 Å². The Morgan fingerprint density at radius 2 is 1.42 bits per heavy atom. The molecule has 3 heteroatoms. The van der Waals surface area contributed by atoms with Crippen molar-refractivity contribution in [3.8, 4) is 44.8 Å². The standard InChI is InChI=1S/C22H22N.C20H18N.Ir/c1-22(2,3)15-17-9-11-18(12-10-17)20-13-14-21(23-16-20)19-7-5-4-6-8-19;1-14-9-10-20(21-13-14)19-12-18(15(2)11-16(19)3)17-7-5-4-6-8-17;/h4-7,9-14,16H,15H2,1-3H3;4-13H,3H2,1-2H3;/q2*-1;/i15D2;1D3,2D3;. The summed E-state index contributed by atoms with van der Waals surface area (Å²) >= 11 is 0. The van der Waals surface area contributed by atoms with Crippen molar-refractivity contribution in [3.63, 3.8) is 0 Å². The van der Waals surface area contributed by atoms with Gasteiger partial charge in [-0.3, -0.25) is 4.98 Å². The maximum Gasteiger partial charge on any atom is 0.0321 e. The second-order valence-corrected chi connectivity index (χ2v) is 11.5. The first-order valence-corrected chi connectivity index (χ1v) is 14.4. The second kappa shape index (κ2) is 15.1. The molecule has 2 heterocycles. The summed E-state index contributed by atoms with van der Waals surface area (Å²) in [6.45, 7) is 5.23. The van der Waals surface area contributed by atoms with Crippen LogP contribution in [-0.4, -0.2) is 9.97 Å². The van der Waals surface area contributed by atoms with Crippen LogP contribution in [0.5, 0.6) is 0 Å². The summed E-state index contributed by atoms with van der Waals surface area (Å²) in [5.41, 5.74) is 7.64. The van der Waals surface area contributed by atoms with Crippen LogP contribution in [0.3, 0.4) is 0 Å². The summed E-state index contributed by atoms with van der Waals surface area (Å²) in [6, 6.07) is 38.4. The number of aromatic nitrogens is 2. The molecular formula is C42H40IrN2-2. The topological polar surface area (TPSA) is 25.8 Å². The molecule has 0 aliphatic carbocycles. The minimum Gasteiger partial charge on any atom is -0.304 e. The number of hydrogen-bond acceptors (Lipinski definition) is 2. The quantitative estimate of drug-likeness (QED) is 0.163. The fourth-order valence-corrected chi connectivity index (χ4v) is 4.75. The first-order valence-electron chi connectivity index (χ1n) is 18.4. The van der Waals surface area contributed by atoms with Gasteiger partial charge in [0.25, 0.3) is 0 Å². The van der Waals surface area contributed by atoms with Gasteiger partial charge in [0.2, 0.25) is 0 Å². The SMILES string of the molecule is [2H]C([2H])([2H])c1ccc(-c2cc(-c3ccccc3)c(C([2H])([2H])[2H])cc2[CH2-])nc1.[2H]C([2H])(c1ccc(-c2ccc(-c3[c-]cccc3)nc2)cc1)C(C)(C)C.[Ir]. The van der Waals surface area contributed by atoms with E-state index in [-0.39, 0.29) is 31.2 Å². The van der Waals surface area contributed by atoms with Gasteiger partial charge in [0.05, 0.1) is 0 Å². The Kier molecular flexibility index (Phi) is 8.07. The van der Waals surface area contributed by atoms with Crippen molar-refractivity contribution < 1.29 is 31.1 Å². The van der Waals surface area contributed by atoms with E-state index in [9.17, 15) is 0 Å². The van der Waals surface area contributed by atoms with Crippen molar-refractivity contribution in [3.05, 3.63) is 163 Å². The van der Waals surface area contributed by atoms with Gasteiger partial charge < -0.3 is 4.98 Å². The molecule has 6 aromatic rings. The Labute approximate surface area is 294 Å². The van der Waals surface area contributed by atoms with Gasteiger partial charge in [-0.15, -0.1) is 47.5 Å². The maximum atomic E-state index is 8.37. The van der Waals surface area contributed by atoms with Crippen molar-refractivity contribution in [2.24, 2.45) is 5.41 Å². The molecule has 0 atom stereocenters. The van der Waals surface area contributed by atoms with Crippen LogP contribution < -0.4 is 0 Å². The Morgan fingerprint density at radius 3 is 2.02 bits per heavy atom. The molecular weight excluding hydrogens is 725 g/mol. The predicted molar refractivity (Wildman–Crippen MR) is 186 cm³/mol. The third-order valence-corrected chi connectivity index (χ3v) is 6.85. The fraction of sp³-hybridized carbons (Fsp3) is 0.167. The number of aryl methyl sites for hydroxylation is 2. The molecule has 0 aliphatic heterocycles. The van der Waals surface area contributed by atoms with E-state index in [1.54, 1.807) is 18.2 Å². The Balaban J connectivity index is 0.000000233. The molecule has 2 nitrogen and oxygen atoms in total. The van der Waals surface area contributed by atoms with Crippen LogP contribution in [0.4, 0.5) is 0 Å². The smallest absolute Gasteiger partial charge is 0.0321 e. The Bertz CT molecular complexity index is 2090. The molecule has 229 valence electrons. The number of pyridine rings is 2. The molecule has 2 aromatic heterocycles. The van der Waals surface area contributed by atoms with Crippen molar-refractivity contribution in [1.82, 2.24) is 9.97 Å². The van der Waals surface area contributed by atoms with E-state index in [2.05, 4.69) is 23.0 Å². The minimum atomic E-state index is -2.28. The molecule has 0 bridgehead atoms. The second-order valence-electron chi connectivity index (χ2n) is 11.5. The van der Waals surface area contributed by atoms with Gasteiger partial charge in [-0.1, -0.05) is 106 Å². The fourth-order valence-electron chi connectivity index (χ4n) is 4.75. The number of benzene rings is 4. The largest absolute Gasteiger partial charge is 0.304 e. The first-order chi connectivity index (χ1) is 24.4. The van der Waals surface area contributed by atoms with Gasteiger partial charge in [-0.05, 0) is 63.8 Å². The summed E-state index contributed by atoms with van der Waals surface area (Å²) in [6.07, 6.45) is 1.79. The zero-order valence-corrected chi connectivity index (χ0v) is 28.0. The van der Waals surface area contributed by atoms with Crippen molar-refractivity contribution in [2.75, 3.05) is 0 Å². The number of rotatable bonds is 5. The number of nitrogens with zero attached hydrogens (tertiary/aromatic N) is 2. The molecule has 6 rings (SSSR count). The van der Waals surface area contributed by atoms with E-state index in [1.807, 2.05) is 118 Å². The van der Waals surface area contributed by atoms with Crippen LogP contribution in [0.2, 0.25) is 0 Å². The summed E-state index contributed by atoms with van der Waals surface area (Å²) in [5, 5.41) is 0. The molecule has 4 aromatic carbocycles. The maximum absolute atomic E-state index is 8.37. The molecule has 0 saturated carbocycles. The molecule has 1 radical (unpaired) electrons. The van der Waals surface area contributed by atoms with Gasteiger partial charge in [-0.25, -0.2) is 0 Å². The van der Waals surface area contributed by atoms with Crippen LogP contribution in [0.1, 0.15) is 54.0 Å². The first kappa shape index (κ1) is 24.0.